The number of fused-ring (bicyclic) bond motifs is 1. The van der Waals surface area contributed by atoms with Crippen LogP contribution in [0.2, 0.25) is 0 Å². The van der Waals surface area contributed by atoms with Crippen molar-refractivity contribution in [2.24, 2.45) is 4.99 Å². The van der Waals surface area contributed by atoms with E-state index in [1.165, 1.54) is 24.4 Å². The molecule has 2 aromatic carbocycles. The number of anilines is 3. The molecule has 34 heavy (non-hydrogen) atoms. The van der Waals surface area contributed by atoms with Gasteiger partial charge in [0.15, 0.2) is 5.82 Å². The fourth-order valence-corrected chi connectivity index (χ4v) is 3.83. The summed E-state index contributed by atoms with van der Waals surface area (Å²) >= 11 is 0. The molecule has 0 fully saturated rings. The standard InChI is InChI=1S/C26H26F2N6/c1-6-29-17(4)33(5)22-12-11-20(15-21(22)28)31-25-24-23(13-14-30-25)34(16(2)3)26(32-24)18-7-9-19(27)10-8-18/h6-16H,1H2,2-5H3,(H,30,31)/b29-17-. The van der Waals surface area contributed by atoms with Gasteiger partial charge in [-0.3, -0.25) is 0 Å². The van der Waals surface area contributed by atoms with Gasteiger partial charge in [0.25, 0.3) is 0 Å². The Balaban J connectivity index is 1.74. The molecule has 0 saturated carbocycles. The molecule has 1 N–H and O–H groups in total. The van der Waals surface area contributed by atoms with Crippen molar-refractivity contribution in [3.63, 3.8) is 0 Å². The van der Waals surface area contributed by atoms with Crippen LogP contribution in [0.15, 0.2) is 72.5 Å². The molecule has 8 heteroatoms. The van der Waals surface area contributed by atoms with Crippen molar-refractivity contribution in [1.82, 2.24) is 14.5 Å². The smallest absolute Gasteiger partial charge is 0.158 e. The van der Waals surface area contributed by atoms with E-state index in [-0.39, 0.29) is 11.9 Å². The summed E-state index contributed by atoms with van der Waals surface area (Å²) in [5, 5.41) is 3.20. The van der Waals surface area contributed by atoms with Gasteiger partial charge < -0.3 is 14.8 Å². The molecule has 2 heterocycles. The molecule has 0 aliphatic rings. The number of amidine groups is 1. The van der Waals surface area contributed by atoms with Gasteiger partial charge in [0.2, 0.25) is 0 Å². The molecule has 6 nitrogen and oxygen atoms in total. The van der Waals surface area contributed by atoms with Gasteiger partial charge in [-0.15, -0.1) is 0 Å². The third-order valence-corrected chi connectivity index (χ3v) is 5.56. The van der Waals surface area contributed by atoms with E-state index in [1.807, 2.05) is 6.07 Å². The van der Waals surface area contributed by atoms with Gasteiger partial charge in [-0.05, 0) is 69.3 Å². The summed E-state index contributed by atoms with van der Waals surface area (Å²) < 4.78 is 30.5. The molecule has 0 saturated heterocycles. The van der Waals surface area contributed by atoms with Crippen molar-refractivity contribution in [2.75, 3.05) is 17.3 Å². The van der Waals surface area contributed by atoms with Gasteiger partial charge in [-0.2, -0.15) is 0 Å². The summed E-state index contributed by atoms with van der Waals surface area (Å²) in [7, 11) is 1.74. The number of nitrogens with one attached hydrogen (secondary N) is 1. The normalized spacial score (nSPS) is 11.8. The van der Waals surface area contributed by atoms with E-state index in [0.29, 0.717) is 34.4 Å². The van der Waals surface area contributed by atoms with Crippen LogP contribution >= 0.6 is 0 Å². The van der Waals surface area contributed by atoms with Crippen LogP contribution in [0, 0.1) is 11.6 Å². The van der Waals surface area contributed by atoms with E-state index < -0.39 is 5.82 Å². The molecule has 174 valence electrons. The second-order valence-corrected chi connectivity index (χ2v) is 8.14. The molecule has 0 amide bonds. The first-order chi connectivity index (χ1) is 16.3. The van der Waals surface area contributed by atoms with Crippen LogP contribution in [-0.2, 0) is 0 Å². The zero-order chi connectivity index (χ0) is 24.4. The van der Waals surface area contributed by atoms with Gasteiger partial charge in [0.05, 0.1) is 11.2 Å². The lowest BCUT2D eigenvalue weighted by Crippen LogP contribution is -2.24. The predicted octanol–water partition coefficient (Wildman–Crippen LogP) is 6.70. The van der Waals surface area contributed by atoms with Gasteiger partial charge in [-0.1, -0.05) is 6.58 Å². The fraction of sp³-hybridized carbons (Fsp3) is 0.192. The Hall–Kier alpha value is -4.07. The Kier molecular flexibility index (Phi) is 6.40. The highest BCUT2D eigenvalue weighted by molar-refractivity contribution is 5.96. The quantitative estimate of drug-likeness (QED) is 0.257. The van der Waals surface area contributed by atoms with Gasteiger partial charge >= 0.3 is 0 Å². The lowest BCUT2D eigenvalue weighted by atomic mass is 10.2. The van der Waals surface area contributed by atoms with Crippen LogP contribution in [0.5, 0.6) is 0 Å². The molecule has 2 aromatic heterocycles. The van der Waals surface area contributed by atoms with Gasteiger partial charge in [0.1, 0.15) is 28.8 Å². The Morgan fingerprint density at radius 3 is 2.53 bits per heavy atom. The van der Waals surface area contributed by atoms with Gasteiger partial charge in [0, 0.05) is 36.7 Å². The average molecular weight is 461 g/mol. The number of benzene rings is 2. The zero-order valence-corrected chi connectivity index (χ0v) is 19.5. The summed E-state index contributed by atoms with van der Waals surface area (Å²) in [6.07, 6.45) is 3.11. The minimum atomic E-state index is -0.405. The molecule has 0 spiro atoms. The third-order valence-electron chi connectivity index (χ3n) is 5.56. The summed E-state index contributed by atoms with van der Waals surface area (Å²) in [4.78, 5) is 15.0. The van der Waals surface area contributed by atoms with Crippen LogP contribution in [0.25, 0.3) is 22.4 Å². The number of rotatable bonds is 6. The van der Waals surface area contributed by atoms with Crippen molar-refractivity contribution in [3.8, 4) is 11.4 Å². The lowest BCUT2D eigenvalue weighted by molar-refractivity contribution is 0.621. The SMILES string of the molecule is C=C/N=C(/C)N(C)c1ccc(Nc2nccc3c2nc(-c2ccc(F)cc2)n3C(C)C)cc1F. The first-order valence-electron chi connectivity index (χ1n) is 10.9. The topological polar surface area (TPSA) is 58.3 Å². The van der Waals surface area contributed by atoms with Crippen LogP contribution in [0.4, 0.5) is 26.0 Å². The molecule has 0 bridgehead atoms. The molecule has 0 atom stereocenters. The summed E-state index contributed by atoms with van der Waals surface area (Å²) in [5.74, 6) is 1.12. The molecular weight excluding hydrogens is 434 g/mol. The molecular formula is C26H26F2N6. The minimum absolute atomic E-state index is 0.105. The Labute approximate surface area is 197 Å². The molecule has 0 aliphatic heterocycles. The number of hydrogen-bond donors (Lipinski definition) is 1. The lowest BCUT2D eigenvalue weighted by Gasteiger charge is -2.19. The number of aromatic nitrogens is 3. The number of hydrogen-bond acceptors (Lipinski definition) is 4. The summed E-state index contributed by atoms with van der Waals surface area (Å²) in [6, 6.07) is 13.1. The Morgan fingerprint density at radius 2 is 1.88 bits per heavy atom. The van der Waals surface area contributed by atoms with Crippen molar-refractivity contribution < 1.29 is 8.78 Å². The second-order valence-electron chi connectivity index (χ2n) is 8.14. The minimum Gasteiger partial charge on any atom is -0.338 e. The highest BCUT2D eigenvalue weighted by atomic mass is 19.1. The number of nitrogens with zero attached hydrogens (tertiary/aromatic N) is 5. The second kappa shape index (κ2) is 9.43. The highest BCUT2D eigenvalue weighted by Gasteiger charge is 2.19. The molecule has 4 aromatic rings. The number of halogens is 2. The van der Waals surface area contributed by atoms with Crippen molar-refractivity contribution in [3.05, 3.63) is 79.1 Å². The number of imidazole rings is 1. The van der Waals surface area contributed by atoms with Crippen LogP contribution in [0.3, 0.4) is 0 Å². The molecule has 4 rings (SSSR count). The molecule has 0 radical (unpaired) electrons. The Morgan fingerprint density at radius 1 is 1.15 bits per heavy atom. The number of aliphatic imine (C=N–C) groups is 1. The molecule has 0 unspecified atom stereocenters. The zero-order valence-electron chi connectivity index (χ0n) is 19.5. The van der Waals surface area contributed by atoms with Gasteiger partial charge in [-0.25, -0.2) is 23.7 Å². The highest BCUT2D eigenvalue weighted by Crippen LogP contribution is 2.33. The predicted molar refractivity (Wildman–Crippen MR) is 135 cm³/mol. The van der Waals surface area contributed by atoms with Crippen LogP contribution in [-0.4, -0.2) is 27.4 Å². The van der Waals surface area contributed by atoms with E-state index >= 15 is 0 Å². The molecule has 0 aliphatic carbocycles. The van der Waals surface area contributed by atoms with Crippen molar-refractivity contribution in [2.45, 2.75) is 26.8 Å². The van der Waals surface area contributed by atoms with E-state index in [0.717, 1.165) is 11.1 Å². The van der Waals surface area contributed by atoms with Crippen LogP contribution < -0.4 is 10.2 Å². The monoisotopic (exact) mass is 460 g/mol. The first kappa shape index (κ1) is 23.1. The maximum absolute atomic E-state index is 14.9. The third kappa shape index (κ3) is 4.39. The summed E-state index contributed by atoms with van der Waals surface area (Å²) in [5.41, 5.74) is 3.25. The van der Waals surface area contributed by atoms with E-state index in [1.54, 1.807) is 49.3 Å². The average Bonchev–Trinajstić information content (AvgIpc) is 3.20. The summed E-state index contributed by atoms with van der Waals surface area (Å²) in [6.45, 7) is 9.48. The maximum atomic E-state index is 14.9. The largest absolute Gasteiger partial charge is 0.338 e. The Bertz CT molecular complexity index is 1370. The van der Waals surface area contributed by atoms with Crippen molar-refractivity contribution in [1.29, 1.82) is 0 Å². The van der Waals surface area contributed by atoms with Crippen molar-refractivity contribution >= 4 is 34.1 Å². The van der Waals surface area contributed by atoms with E-state index in [4.69, 9.17) is 4.98 Å². The van der Waals surface area contributed by atoms with E-state index in [2.05, 4.69) is 40.3 Å². The first-order valence-corrected chi connectivity index (χ1v) is 10.9. The maximum Gasteiger partial charge on any atom is 0.158 e. The van der Waals surface area contributed by atoms with Crippen LogP contribution in [0.1, 0.15) is 26.8 Å². The van der Waals surface area contributed by atoms with E-state index in [9.17, 15) is 8.78 Å². The fourth-order valence-electron chi connectivity index (χ4n) is 3.83. The number of pyridine rings is 1.